The fourth-order valence-corrected chi connectivity index (χ4v) is 3.21. The highest BCUT2D eigenvalue weighted by Gasteiger charge is 2.12. The van der Waals surface area contributed by atoms with Crippen LogP contribution in [0.25, 0.3) is 0 Å². The van der Waals surface area contributed by atoms with Gasteiger partial charge in [-0.2, -0.15) is 0 Å². The van der Waals surface area contributed by atoms with Crippen molar-refractivity contribution in [2.45, 2.75) is 11.5 Å². The summed E-state index contributed by atoms with van der Waals surface area (Å²) in [5, 5.41) is 0. The van der Waals surface area contributed by atoms with E-state index in [2.05, 4.69) is 0 Å². The molecule has 96 valence electrons. The van der Waals surface area contributed by atoms with Gasteiger partial charge in [0.2, 0.25) is 0 Å². The second-order valence-corrected chi connectivity index (χ2v) is 6.07. The number of benzene rings is 2. The molecule has 0 aliphatic heterocycles. The molecule has 0 radical (unpaired) electrons. The molecule has 0 fully saturated rings. The monoisotopic (exact) mass is 326 g/mol. The molecule has 4 heteroatoms. The van der Waals surface area contributed by atoms with Crippen molar-refractivity contribution >= 4 is 26.8 Å². The third-order valence-electron chi connectivity index (χ3n) is 2.46. The van der Waals surface area contributed by atoms with Crippen LogP contribution in [0.4, 0.5) is 0 Å². The average Bonchev–Trinajstić information content (AvgIpc) is 2.30. The van der Waals surface area contributed by atoms with Crippen molar-refractivity contribution in [3.63, 3.8) is 0 Å². The lowest BCUT2D eigenvalue weighted by atomic mass is 10.2. The Kier molecular flexibility index (Phi) is 5.56. The van der Waals surface area contributed by atoms with E-state index in [9.17, 15) is 8.42 Å². The minimum Gasteiger partial charge on any atom is -0.228 e. The predicted molar refractivity (Wildman–Crippen MR) is 79.5 cm³/mol. The zero-order valence-electron chi connectivity index (χ0n) is 9.82. The Morgan fingerprint density at radius 2 is 1.00 bits per heavy atom. The summed E-state index contributed by atoms with van der Waals surface area (Å²) in [5.74, 6) is 0.200. The molecule has 0 unspecified atom stereocenters. The van der Waals surface area contributed by atoms with Crippen LogP contribution in [0.2, 0.25) is 0 Å². The molecule has 0 heterocycles. The SMILES string of the molecule is Br.O=S(=O)(Cc1ccccc1)Cc1ccccc1. The van der Waals surface area contributed by atoms with Crippen LogP contribution in [-0.2, 0) is 21.3 Å². The summed E-state index contributed by atoms with van der Waals surface area (Å²) in [6.07, 6.45) is 0. The molecule has 0 aliphatic carbocycles. The number of hydrogen-bond donors (Lipinski definition) is 0. The Morgan fingerprint density at radius 3 is 1.33 bits per heavy atom. The summed E-state index contributed by atoms with van der Waals surface area (Å²) < 4.78 is 23.9. The molecule has 0 N–H and O–H groups in total. The predicted octanol–water partition coefficient (Wildman–Crippen LogP) is 3.38. The molecule has 0 aliphatic rings. The summed E-state index contributed by atoms with van der Waals surface area (Å²) in [7, 11) is -3.09. The molecule has 18 heavy (non-hydrogen) atoms. The van der Waals surface area contributed by atoms with Crippen LogP contribution in [0.5, 0.6) is 0 Å². The van der Waals surface area contributed by atoms with Gasteiger partial charge in [-0.05, 0) is 11.1 Å². The van der Waals surface area contributed by atoms with Crippen molar-refractivity contribution in [1.82, 2.24) is 0 Å². The Morgan fingerprint density at radius 1 is 0.667 bits per heavy atom. The maximum Gasteiger partial charge on any atom is 0.158 e. The van der Waals surface area contributed by atoms with Crippen molar-refractivity contribution in [1.29, 1.82) is 0 Å². The number of sulfone groups is 1. The summed E-state index contributed by atoms with van der Waals surface area (Å²) in [6, 6.07) is 18.5. The molecule has 0 amide bonds. The first-order valence-corrected chi connectivity index (χ1v) is 7.26. The molecule has 2 nitrogen and oxygen atoms in total. The Bertz CT molecular complexity index is 518. The molecule has 0 atom stereocenters. The van der Waals surface area contributed by atoms with Crippen molar-refractivity contribution in [2.75, 3.05) is 0 Å². The van der Waals surface area contributed by atoms with Gasteiger partial charge in [-0.25, -0.2) is 8.42 Å². The zero-order valence-corrected chi connectivity index (χ0v) is 12.4. The first-order chi connectivity index (χ1) is 8.16. The fourth-order valence-electron chi connectivity index (χ4n) is 1.71. The van der Waals surface area contributed by atoms with Gasteiger partial charge < -0.3 is 0 Å². The standard InChI is InChI=1S/C14H14O2S.BrH/c15-17(16,11-13-7-3-1-4-8-13)12-14-9-5-2-6-10-14;/h1-10H,11-12H2;1H. The summed E-state index contributed by atoms with van der Waals surface area (Å²) in [6.45, 7) is 0. The molecule has 0 bridgehead atoms. The highest BCUT2D eigenvalue weighted by molar-refractivity contribution is 8.93. The highest BCUT2D eigenvalue weighted by atomic mass is 79.9. The van der Waals surface area contributed by atoms with Gasteiger partial charge in [-0.15, -0.1) is 17.0 Å². The maximum atomic E-state index is 12.0. The van der Waals surface area contributed by atoms with Gasteiger partial charge in [0.25, 0.3) is 0 Å². The van der Waals surface area contributed by atoms with E-state index < -0.39 is 9.84 Å². The van der Waals surface area contributed by atoms with E-state index in [1.54, 1.807) is 0 Å². The van der Waals surface area contributed by atoms with Gasteiger partial charge in [-0.1, -0.05) is 60.7 Å². The third-order valence-corrected chi connectivity index (χ3v) is 4.01. The second kappa shape index (κ2) is 6.71. The van der Waals surface area contributed by atoms with Crippen molar-refractivity contribution in [2.24, 2.45) is 0 Å². The first kappa shape index (κ1) is 14.9. The molecule has 0 aromatic heterocycles. The lowest BCUT2D eigenvalue weighted by Crippen LogP contribution is -2.07. The van der Waals surface area contributed by atoms with E-state index in [1.807, 2.05) is 60.7 Å². The minimum absolute atomic E-state index is 0. The molecule has 0 spiro atoms. The van der Waals surface area contributed by atoms with Crippen LogP contribution in [-0.4, -0.2) is 8.42 Å². The van der Waals surface area contributed by atoms with Gasteiger partial charge in [0.15, 0.2) is 9.84 Å². The van der Waals surface area contributed by atoms with Gasteiger partial charge in [0, 0.05) is 0 Å². The van der Waals surface area contributed by atoms with E-state index in [0.717, 1.165) is 11.1 Å². The summed E-state index contributed by atoms with van der Waals surface area (Å²) >= 11 is 0. The quantitative estimate of drug-likeness (QED) is 0.863. The lowest BCUT2D eigenvalue weighted by molar-refractivity contribution is 0.594. The Labute approximate surface area is 118 Å². The minimum atomic E-state index is -3.09. The maximum absolute atomic E-state index is 12.0. The van der Waals surface area contributed by atoms with Crippen LogP contribution < -0.4 is 0 Å². The van der Waals surface area contributed by atoms with Crippen LogP contribution in [0.15, 0.2) is 60.7 Å². The van der Waals surface area contributed by atoms with Crippen LogP contribution in [0.3, 0.4) is 0 Å². The summed E-state index contributed by atoms with van der Waals surface area (Å²) in [5.41, 5.74) is 1.67. The third kappa shape index (κ3) is 4.63. The van der Waals surface area contributed by atoms with Crippen LogP contribution >= 0.6 is 17.0 Å². The number of hydrogen-bond acceptors (Lipinski definition) is 2. The van der Waals surface area contributed by atoms with E-state index >= 15 is 0 Å². The fraction of sp³-hybridized carbons (Fsp3) is 0.143. The van der Waals surface area contributed by atoms with Crippen LogP contribution in [0, 0.1) is 0 Å². The topological polar surface area (TPSA) is 34.1 Å². The number of halogens is 1. The zero-order chi connectivity index (χ0) is 12.1. The van der Waals surface area contributed by atoms with E-state index in [1.165, 1.54) is 0 Å². The van der Waals surface area contributed by atoms with Gasteiger partial charge in [0.1, 0.15) is 0 Å². The molecule has 2 aromatic carbocycles. The smallest absolute Gasteiger partial charge is 0.158 e. The molecule has 2 aromatic rings. The van der Waals surface area contributed by atoms with E-state index in [-0.39, 0.29) is 28.5 Å². The first-order valence-electron chi connectivity index (χ1n) is 5.44. The van der Waals surface area contributed by atoms with Gasteiger partial charge in [-0.3, -0.25) is 0 Å². The summed E-state index contributed by atoms with van der Waals surface area (Å²) in [4.78, 5) is 0. The Balaban J connectivity index is 0.00000162. The molecule has 0 saturated carbocycles. The van der Waals surface area contributed by atoms with Crippen molar-refractivity contribution < 1.29 is 8.42 Å². The van der Waals surface area contributed by atoms with Crippen LogP contribution in [0.1, 0.15) is 11.1 Å². The highest BCUT2D eigenvalue weighted by Crippen LogP contribution is 2.11. The molecule has 0 saturated heterocycles. The Hall–Kier alpha value is -1.13. The number of rotatable bonds is 4. The molecular weight excluding hydrogens is 312 g/mol. The average molecular weight is 327 g/mol. The normalized spacial score (nSPS) is 10.7. The van der Waals surface area contributed by atoms with Gasteiger partial charge >= 0.3 is 0 Å². The largest absolute Gasteiger partial charge is 0.228 e. The van der Waals surface area contributed by atoms with Crippen molar-refractivity contribution in [3.05, 3.63) is 71.8 Å². The van der Waals surface area contributed by atoms with Crippen molar-refractivity contribution in [3.8, 4) is 0 Å². The van der Waals surface area contributed by atoms with Gasteiger partial charge in [0.05, 0.1) is 11.5 Å². The van der Waals surface area contributed by atoms with E-state index in [4.69, 9.17) is 0 Å². The lowest BCUT2D eigenvalue weighted by Gasteiger charge is -2.04. The van der Waals surface area contributed by atoms with E-state index in [0.29, 0.717) is 0 Å². The molecular formula is C14H15BrO2S. The molecule has 2 rings (SSSR count). The second-order valence-electron chi connectivity index (χ2n) is 4.00.